The molecule has 1 aromatic heterocycles. The van der Waals surface area contributed by atoms with Gasteiger partial charge in [0.15, 0.2) is 5.96 Å². The molecule has 556 valence electrons. The predicted octanol–water partition coefficient (Wildman–Crippen LogP) is -0.903. The van der Waals surface area contributed by atoms with Crippen molar-refractivity contribution in [1.82, 2.24) is 79.0 Å². The Morgan fingerprint density at radius 2 is 1.24 bits per heavy atom. The van der Waals surface area contributed by atoms with Crippen LogP contribution in [0.25, 0.3) is 21.7 Å². The van der Waals surface area contributed by atoms with Crippen molar-refractivity contribution in [2.45, 2.75) is 165 Å². The molecule has 8 rings (SSSR count). The van der Waals surface area contributed by atoms with Gasteiger partial charge in [0.2, 0.25) is 76.8 Å². The highest BCUT2D eigenvalue weighted by Gasteiger charge is 2.41. The second kappa shape index (κ2) is 37.7. The third-order valence-corrected chi connectivity index (χ3v) is 18.2. The molecule has 2 bridgehead atoms. The fourth-order valence-corrected chi connectivity index (χ4v) is 12.7. The van der Waals surface area contributed by atoms with E-state index in [1.165, 1.54) is 17.0 Å². The van der Waals surface area contributed by atoms with Crippen LogP contribution < -0.4 is 74.9 Å². The van der Waals surface area contributed by atoms with Gasteiger partial charge in [0.25, 0.3) is 0 Å². The zero-order chi connectivity index (χ0) is 75.1. The van der Waals surface area contributed by atoms with E-state index in [9.17, 15) is 48.3 Å². The predicted molar refractivity (Wildman–Crippen MR) is 381 cm³/mol. The number of H-pyrrole nitrogens is 1. The maximum Gasteiger partial charge on any atom is 0.328 e. The average Bonchev–Trinajstić information content (AvgIpc) is 1.52. The number of amides is 13. The molecule has 0 aliphatic carbocycles. The maximum absolute atomic E-state index is 15.4. The van der Waals surface area contributed by atoms with E-state index >= 15 is 24.0 Å². The number of guanidine groups is 1. The van der Waals surface area contributed by atoms with E-state index in [0.717, 1.165) is 17.7 Å². The van der Waals surface area contributed by atoms with E-state index in [0.29, 0.717) is 32.6 Å². The molecule has 18 N–H and O–H groups in total. The number of nitrogens with one attached hydrogen (secondary N) is 15. The summed E-state index contributed by atoms with van der Waals surface area (Å²) < 4.78 is 0. The first-order chi connectivity index (χ1) is 49.7. The summed E-state index contributed by atoms with van der Waals surface area (Å²) in [5, 5.41) is 54.7. The lowest BCUT2D eigenvalue weighted by atomic mass is 9.98. The zero-order valence-electron chi connectivity index (χ0n) is 57.9. The van der Waals surface area contributed by atoms with Crippen LogP contribution in [0.4, 0.5) is 0 Å². The minimum absolute atomic E-state index is 0.0105. The molecule has 13 amide bonds. The van der Waals surface area contributed by atoms with Crippen molar-refractivity contribution in [1.29, 1.82) is 5.41 Å². The Hall–Kier alpha value is -11.2. The van der Waals surface area contributed by atoms with Gasteiger partial charge >= 0.3 is 5.97 Å². The van der Waals surface area contributed by atoms with Gasteiger partial charge in [-0.1, -0.05) is 98.2 Å². The Balaban J connectivity index is 1.23. The topological polar surface area (TPSA) is 484 Å². The first-order valence-electron chi connectivity index (χ1n) is 34.6. The van der Waals surface area contributed by atoms with Gasteiger partial charge in [0, 0.05) is 80.9 Å². The number of aromatic amines is 1. The molecule has 33 heteroatoms. The number of aliphatic carboxylic acids is 1. The fourth-order valence-electron chi connectivity index (χ4n) is 12.6. The Morgan fingerprint density at radius 3 is 1.95 bits per heavy atom. The van der Waals surface area contributed by atoms with Crippen LogP contribution in [0, 0.1) is 11.3 Å². The van der Waals surface area contributed by atoms with Gasteiger partial charge in [0.1, 0.15) is 60.4 Å². The molecule has 4 aromatic carbocycles. The van der Waals surface area contributed by atoms with Crippen LogP contribution >= 0.6 is 11.6 Å². The molecule has 3 fully saturated rings. The number of benzene rings is 4. The van der Waals surface area contributed by atoms with E-state index in [2.05, 4.69) is 74.1 Å². The van der Waals surface area contributed by atoms with E-state index < -0.39 is 169 Å². The molecule has 4 heterocycles. The largest absolute Gasteiger partial charge is 0.480 e. The standard InChI is InChI=1S/C71H90ClN17O15/c1-38(2)29-51-63(96)82-50(16-9-27-76-71(73)74)69(102)89-28-10-17-57(89)68(101)88-56(70(103)104)36-78-59(92)34-55-67(100)81-48(61(94)85-53(65(98)83-51)32-41-18-21-42-11-4-5-12-43(42)30-41)15-8-26-75-60(93)37-79-58(91)25-24-49(80-39(3)90)62(95)84-52(31-40-19-22-45(72)23-20-40)64(97)86-54(66(99)87-55)33-44-35-77-47-14-7-6-13-46(44)47/h4-7,11-14,18-23,30,35,38,48-57,77H,8-10,15-17,24-29,31-34,36-37H2,1-3H3,(H,75,93)(H,78,92)(H,79,91)(H,80,90)(H,81,100)(H,82,96)(H,83,98)(H,84,95)(H,85,94)(H,86,97)(H,87,99)(H,88,101)(H,103,104)(H4,73,74,76)/t48-,49-,50-,51-,52+,53+,54+,55-,56-,57-/m0/s1. The number of halogens is 1. The zero-order valence-corrected chi connectivity index (χ0v) is 58.6. The average molecular weight is 1460 g/mol. The first kappa shape index (κ1) is 78.5. The second-order valence-electron chi connectivity index (χ2n) is 26.5. The van der Waals surface area contributed by atoms with Crippen LogP contribution in [0.3, 0.4) is 0 Å². The third-order valence-electron chi connectivity index (χ3n) is 17.9. The number of para-hydroxylation sites is 1. The summed E-state index contributed by atoms with van der Waals surface area (Å²) in [5.74, 6) is -14.2. The van der Waals surface area contributed by atoms with Gasteiger partial charge in [-0.2, -0.15) is 0 Å². The van der Waals surface area contributed by atoms with Crippen molar-refractivity contribution in [3.05, 3.63) is 119 Å². The summed E-state index contributed by atoms with van der Waals surface area (Å²) in [6, 6.07) is 9.89. The van der Waals surface area contributed by atoms with Crippen molar-refractivity contribution >= 4 is 122 Å². The van der Waals surface area contributed by atoms with Crippen LogP contribution in [0.1, 0.15) is 102 Å². The number of rotatable bonds is 14. The Morgan fingerprint density at radius 1 is 0.625 bits per heavy atom. The third kappa shape index (κ3) is 23.2. The Labute approximate surface area is 604 Å². The van der Waals surface area contributed by atoms with Gasteiger partial charge in [-0.05, 0) is 103 Å². The number of nitrogens with zero attached hydrogens (tertiary/aromatic N) is 1. The van der Waals surface area contributed by atoms with Gasteiger partial charge in [-0.15, -0.1) is 0 Å². The molecule has 3 saturated heterocycles. The normalized spacial score (nSPS) is 24.0. The number of hydrogen-bond donors (Lipinski definition) is 17. The number of fused-ring (bicyclic) bond motifs is 6. The highest BCUT2D eigenvalue weighted by atomic mass is 35.5. The van der Waals surface area contributed by atoms with Crippen molar-refractivity contribution in [3.8, 4) is 0 Å². The number of hydrogen-bond acceptors (Lipinski definition) is 15. The highest BCUT2D eigenvalue weighted by molar-refractivity contribution is 6.30. The second-order valence-corrected chi connectivity index (χ2v) is 26.9. The minimum atomic E-state index is -2.04. The van der Waals surface area contributed by atoms with Crippen LogP contribution in [0.2, 0.25) is 5.02 Å². The summed E-state index contributed by atoms with van der Waals surface area (Å²) in [6.07, 6.45) is -1.14. The lowest BCUT2D eigenvalue weighted by Crippen LogP contribution is -2.61. The van der Waals surface area contributed by atoms with Gasteiger partial charge in [-0.25, -0.2) is 4.79 Å². The van der Waals surface area contributed by atoms with E-state index in [-0.39, 0.29) is 102 Å². The summed E-state index contributed by atoms with van der Waals surface area (Å²) in [4.78, 5) is 206. The molecule has 0 saturated carbocycles. The molecule has 3 aliphatic heterocycles. The smallest absolute Gasteiger partial charge is 0.328 e. The summed E-state index contributed by atoms with van der Waals surface area (Å²) in [6.45, 7) is 3.13. The minimum Gasteiger partial charge on any atom is -0.480 e. The number of aromatic nitrogens is 1. The molecular weight excluding hydrogens is 1370 g/mol. The molecule has 10 atom stereocenters. The van der Waals surface area contributed by atoms with Crippen LogP contribution in [0.5, 0.6) is 0 Å². The number of carboxylic acid groups (broad SMARTS) is 1. The van der Waals surface area contributed by atoms with E-state index in [1.807, 2.05) is 24.3 Å². The number of nitrogens with two attached hydrogens (primary N) is 1. The Bertz CT molecular complexity index is 4020. The number of carbonyl (C=O) groups is 14. The van der Waals surface area contributed by atoms with Crippen molar-refractivity contribution < 1.29 is 72.2 Å². The lowest BCUT2D eigenvalue weighted by molar-refractivity contribution is -0.145. The van der Waals surface area contributed by atoms with Gasteiger partial charge in [-0.3, -0.25) is 67.7 Å². The highest BCUT2D eigenvalue weighted by Crippen LogP contribution is 2.24. The molecule has 0 unspecified atom stereocenters. The molecular formula is C71H90ClN17O15. The summed E-state index contributed by atoms with van der Waals surface area (Å²) in [5.41, 5.74) is 7.60. The Kier molecular flexibility index (Phi) is 28.4. The summed E-state index contributed by atoms with van der Waals surface area (Å²) >= 11 is 6.24. The number of carbonyl (C=O) groups excluding carboxylic acids is 13. The van der Waals surface area contributed by atoms with Crippen LogP contribution in [-0.2, 0) is 86.4 Å². The first-order valence-corrected chi connectivity index (χ1v) is 34.9. The SMILES string of the molecule is CC(=O)N[C@H]1CCC(=O)NCC(=O)NCCC[C@@H]2NC(=O)[C@H](CC(=O)NC[C@@H](C(=O)O)NC(=O)[C@@H]3CCCN3C(=O)[C@H](CCCNC(=N)N)NC(=O)[C@H](CC(C)C)NC(=O)[C@@H](Cc3ccc4ccccc4c3)NC2=O)NC(=O)[C@@H](Cc2c[nH]c3ccccc23)NC(=O)[C@@H](Cc2ccc(Cl)cc2)NC1=O. The van der Waals surface area contributed by atoms with Crippen molar-refractivity contribution in [3.63, 3.8) is 0 Å². The maximum atomic E-state index is 15.4. The lowest BCUT2D eigenvalue weighted by Gasteiger charge is -2.31. The van der Waals surface area contributed by atoms with E-state index in [1.54, 1.807) is 74.6 Å². The van der Waals surface area contributed by atoms with Gasteiger partial charge in [0.05, 0.1) is 13.0 Å². The molecule has 32 nitrogen and oxygen atoms in total. The van der Waals surface area contributed by atoms with Crippen molar-refractivity contribution in [2.24, 2.45) is 11.7 Å². The number of carboxylic acids is 1. The molecule has 0 spiro atoms. The monoisotopic (exact) mass is 1460 g/mol. The van der Waals surface area contributed by atoms with Gasteiger partial charge < -0.3 is 89.8 Å². The van der Waals surface area contributed by atoms with Crippen LogP contribution in [0.15, 0.2) is 97.2 Å². The molecule has 3 aliphatic rings. The fraction of sp³-hybridized carbons (Fsp3) is 0.451. The molecule has 5 aromatic rings. The molecule has 0 radical (unpaired) electrons. The quantitative estimate of drug-likeness (QED) is 0.0364. The van der Waals surface area contributed by atoms with E-state index in [4.69, 9.17) is 22.7 Å². The van der Waals surface area contributed by atoms with Crippen LogP contribution in [-0.4, -0.2) is 197 Å². The van der Waals surface area contributed by atoms with Crippen molar-refractivity contribution in [2.75, 3.05) is 32.7 Å². The summed E-state index contributed by atoms with van der Waals surface area (Å²) in [7, 11) is 0. The molecule has 104 heavy (non-hydrogen) atoms.